The molecule has 5 rings (SSSR count). The van der Waals surface area contributed by atoms with Gasteiger partial charge in [0.05, 0.1) is 17.0 Å². The Morgan fingerprint density at radius 3 is 2.26 bits per heavy atom. The Morgan fingerprint density at radius 2 is 1.63 bits per heavy atom. The molecule has 1 unspecified atom stereocenters. The predicted molar refractivity (Wildman–Crippen MR) is 149 cm³/mol. The molecule has 0 aromatic heterocycles. The first-order valence-electron chi connectivity index (χ1n) is 14.1. The Morgan fingerprint density at radius 1 is 0.977 bits per heavy atom. The van der Waals surface area contributed by atoms with E-state index in [-0.39, 0.29) is 17.0 Å². The van der Waals surface area contributed by atoms with Crippen LogP contribution < -0.4 is 5.32 Å². The molecule has 3 nitrogen and oxygen atoms in total. The lowest BCUT2D eigenvalue weighted by Gasteiger charge is -2.44. The SMILES string of the molecule is C[C@H]1CN(CC[C@H](C(=O)NCc2cc(C(F)(F)F)cc(C(F)(F)F)c2)c2ccc(F)cc2)CCC12C=Cc1ccccc12. The molecule has 0 saturated carbocycles. The number of carbonyl (C=O) groups is 1. The summed E-state index contributed by atoms with van der Waals surface area (Å²) in [6.07, 6.45) is -4.30. The van der Waals surface area contributed by atoms with Gasteiger partial charge in [0.25, 0.3) is 0 Å². The van der Waals surface area contributed by atoms with E-state index in [1.165, 1.54) is 35.4 Å². The van der Waals surface area contributed by atoms with E-state index in [9.17, 15) is 35.5 Å². The second kappa shape index (κ2) is 11.8. The fourth-order valence-corrected chi connectivity index (χ4v) is 6.37. The van der Waals surface area contributed by atoms with Crippen molar-refractivity contribution in [1.29, 1.82) is 0 Å². The number of nitrogens with zero attached hydrogens (tertiary/aromatic N) is 1. The zero-order valence-corrected chi connectivity index (χ0v) is 23.4. The molecule has 43 heavy (non-hydrogen) atoms. The standard InChI is InChI=1S/C33H31F7N2O/c1-21-20-42(15-13-31(21)12-10-24-4-2-3-5-29(24)31)14-11-28(23-6-8-27(34)9-7-23)30(43)41-19-22-16-25(32(35,36)37)18-26(17-22)33(38,39)40/h2-10,12,16-18,21,28H,11,13-15,19-20H2,1H3,(H,41,43)/t21-,28-,31?/m0/s1. The third kappa shape index (κ3) is 6.64. The van der Waals surface area contributed by atoms with E-state index in [4.69, 9.17) is 0 Å². The molecule has 3 aromatic carbocycles. The van der Waals surface area contributed by atoms with Crippen LogP contribution in [0, 0.1) is 11.7 Å². The van der Waals surface area contributed by atoms with Gasteiger partial charge in [-0.2, -0.15) is 26.3 Å². The molecule has 1 heterocycles. The monoisotopic (exact) mass is 604 g/mol. The molecular formula is C33H31F7N2O. The van der Waals surface area contributed by atoms with Crippen LogP contribution in [0.2, 0.25) is 0 Å². The predicted octanol–water partition coefficient (Wildman–Crippen LogP) is 7.96. The van der Waals surface area contributed by atoms with Crippen molar-refractivity contribution in [3.63, 3.8) is 0 Å². The van der Waals surface area contributed by atoms with Gasteiger partial charge in [-0.15, -0.1) is 0 Å². The largest absolute Gasteiger partial charge is 0.416 e. The first kappa shape index (κ1) is 30.8. The first-order valence-corrected chi connectivity index (χ1v) is 14.1. The van der Waals surface area contributed by atoms with Crippen LogP contribution in [0.5, 0.6) is 0 Å². The third-order valence-corrected chi connectivity index (χ3v) is 8.71. The maximum atomic E-state index is 13.7. The summed E-state index contributed by atoms with van der Waals surface area (Å²) in [6, 6.07) is 15.0. The first-order chi connectivity index (χ1) is 20.3. The number of halogens is 7. The van der Waals surface area contributed by atoms with Crippen LogP contribution in [0.3, 0.4) is 0 Å². The second-order valence-electron chi connectivity index (χ2n) is 11.4. The summed E-state index contributed by atoms with van der Waals surface area (Å²) >= 11 is 0. The van der Waals surface area contributed by atoms with Crippen LogP contribution in [0.25, 0.3) is 6.08 Å². The van der Waals surface area contributed by atoms with Crippen molar-refractivity contribution in [2.45, 2.75) is 50.0 Å². The van der Waals surface area contributed by atoms with Crippen LogP contribution in [-0.4, -0.2) is 30.4 Å². The van der Waals surface area contributed by atoms with Gasteiger partial charge in [-0.05, 0) is 84.4 Å². The van der Waals surface area contributed by atoms with E-state index in [1.807, 2.05) is 12.1 Å². The highest BCUT2D eigenvalue weighted by atomic mass is 19.4. The lowest BCUT2D eigenvalue weighted by atomic mass is 9.68. The number of alkyl halides is 6. The summed E-state index contributed by atoms with van der Waals surface area (Å²) in [6.45, 7) is 3.76. The molecule has 10 heteroatoms. The zero-order valence-electron chi connectivity index (χ0n) is 23.4. The third-order valence-electron chi connectivity index (χ3n) is 8.71. The maximum absolute atomic E-state index is 13.7. The second-order valence-corrected chi connectivity index (χ2v) is 11.4. The molecule has 1 saturated heterocycles. The minimum atomic E-state index is -4.99. The summed E-state index contributed by atoms with van der Waals surface area (Å²) in [5.41, 5.74) is -0.229. The number of carbonyl (C=O) groups excluding carboxylic acids is 1. The number of piperidine rings is 1. The van der Waals surface area contributed by atoms with E-state index in [2.05, 4.69) is 41.4 Å². The summed E-state index contributed by atoms with van der Waals surface area (Å²) in [7, 11) is 0. The quantitative estimate of drug-likeness (QED) is 0.278. The topological polar surface area (TPSA) is 32.3 Å². The van der Waals surface area contributed by atoms with Gasteiger partial charge >= 0.3 is 12.4 Å². The normalized spacial score (nSPS) is 21.2. The summed E-state index contributed by atoms with van der Waals surface area (Å²) in [4.78, 5) is 15.6. The van der Waals surface area contributed by atoms with Crippen LogP contribution in [0.15, 0.2) is 72.8 Å². The van der Waals surface area contributed by atoms with Crippen molar-refractivity contribution in [3.8, 4) is 0 Å². The van der Waals surface area contributed by atoms with Crippen LogP contribution >= 0.6 is 0 Å². The molecule has 2 aliphatic rings. The number of allylic oxidation sites excluding steroid dienone is 1. The van der Waals surface area contributed by atoms with Crippen molar-refractivity contribution in [1.82, 2.24) is 10.2 Å². The van der Waals surface area contributed by atoms with E-state index in [1.54, 1.807) is 0 Å². The molecule has 1 N–H and O–H groups in total. The van der Waals surface area contributed by atoms with E-state index >= 15 is 0 Å². The van der Waals surface area contributed by atoms with Crippen molar-refractivity contribution < 1.29 is 35.5 Å². The van der Waals surface area contributed by atoms with Gasteiger partial charge in [-0.1, -0.05) is 55.5 Å². The molecule has 0 bridgehead atoms. The summed E-state index contributed by atoms with van der Waals surface area (Å²) < 4.78 is 93.5. The molecule has 1 amide bonds. The van der Waals surface area contributed by atoms with Crippen molar-refractivity contribution in [3.05, 3.63) is 112 Å². The zero-order chi connectivity index (χ0) is 31.0. The molecule has 1 aliphatic heterocycles. The minimum Gasteiger partial charge on any atom is -0.351 e. The average molecular weight is 605 g/mol. The number of nitrogens with one attached hydrogen (secondary N) is 1. The van der Waals surface area contributed by atoms with E-state index in [0.29, 0.717) is 36.6 Å². The highest BCUT2D eigenvalue weighted by molar-refractivity contribution is 5.83. The highest BCUT2D eigenvalue weighted by Crippen LogP contribution is 2.47. The summed E-state index contributed by atoms with van der Waals surface area (Å²) in [5.74, 6) is -1.55. The Hall–Kier alpha value is -3.66. The fourth-order valence-electron chi connectivity index (χ4n) is 6.37. The van der Waals surface area contributed by atoms with Gasteiger partial charge < -0.3 is 10.2 Å². The van der Waals surface area contributed by atoms with Crippen LogP contribution in [0.4, 0.5) is 30.7 Å². The van der Waals surface area contributed by atoms with Crippen molar-refractivity contribution in [2.75, 3.05) is 19.6 Å². The Kier molecular flexibility index (Phi) is 8.44. The lowest BCUT2D eigenvalue weighted by Crippen LogP contribution is -2.48. The Bertz CT molecular complexity index is 1460. The number of fused-ring (bicyclic) bond motifs is 2. The molecule has 1 spiro atoms. The molecule has 1 aliphatic carbocycles. The van der Waals surface area contributed by atoms with Gasteiger partial charge in [0.15, 0.2) is 0 Å². The summed E-state index contributed by atoms with van der Waals surface area (Å²) in [5, 5.41) is 2.52. The number of rotatable bonds is 7. The number of amides is 1. The van der Waals surface area contributed by atoms with Crippen molar-refractivity contribution >= 4 is 12.0 Å². The molecule has 3 atom stereocenters. The number of hydrogen-bond acceptors (Lipinski definition) is 2. The van der Waals surface area contributed by atoms with Gasteiger partial charge in [0, 0.05) is 18.5 Å². The smallest absolute Gasteiger partial charge is 0.351 e. The van der Waals surface area contributed by atoms with Gasteiger partial charge in [-0.3, -0.25) is 4.79 Å². The number of likely N-dealkylation sites (tertiary alicyclic amines) is 1. The molecule has 228 valence electrons. The Labute approximate surface area is 245 Å². The van der Waals surface area contributed by atoms with Crippen LogP contribution in [-0.2, 0) is 29.1 Å². The van der Waals surface area contributed by atoms with E-state index < -0.39 is 47.7 Å². The van der Waals surface area contributed by atoms with Gasteiger partial charge in [-0.25, -0.2) is 4.39 Å². The Balaban J connectivity index is 1.29. The molecule has 1 fully saturated rings. The number of hydrogen-bond donors (Lipinski definition) is 1. The maximum Gasteiger partial charge on any atom is 0.416 e. The fraction of sp³-hybridized carbons (Fsp3) is 0.364. The lowest BCUT2D eigenvalue weighted by molar-refractivity contribution is -0.143. The number of benzene rings is 3. The van der Waals surface area contributed by atoms with Crippen molar-refractivity contribution in [2.24, 2.45) is 5.92 Å². The van der Waals surface area contributed by atoms with Crippen LogP contribution in [0.1, 0.15) is 59.1 Å². The molecule has 0 radical (unpaired) electrons. The highest BCUT2D eigenvalue weighted by Gasteiger charge is 2.43. The van der Waals surface area contributed by atoms with Gasteiger partial charge in [0.2, 0.25) is 5.91 Å². The molecule has 3 aromatic rings. The minimum absolute atomic E-state index is 0.0519. The van der Waals surface area contributed by atoms with Gasteiger partial charge in [0.1, 0.15) is 5.82 Å². The van der Waals surface area contributed by atoms with E-state index in [0.717, 1.165) is 19.5 Å². The average Bonchev–Trinajstić information content (AvgIpc) is 3.33. The molecular weight excluding hydrogens is 573 g/mol.